The molecular formula is C20H22ClNO4S. The van der Waals surface area contributed by atoms with Gasteiger partial charge in [-0.3, -0.25) is 14.4 Å². The second-order valence-corrected chi connectivity index (χ2v) is 7.88. The first-order chi connectivity index (χ1) is 12.9. The van der Waals surface area contributed by atoms with E-state index in [4.69, 9.17) is 16.3 Å². The van der Waals surface area contributed by atoms with Crippen LogP contribution in [0, 0.1) is 0 Å². The number of esters is 1. The Balaban J connectivity index is 1.71. The molecule has 0 saturated heterocycles. The smallest absolute Gasteiger partial charge is 0.306 e. The zero-order valence-electron chi connectivity index (χ0n) is 15.3. The summed E-state index contributed by atoms with van der Waals surface area (Å²) in [5, 5.41) is 2.68. The molecule has 144 valence electrons. The molecule has 2 rings (SSSR count). The molecule has 0 radical (unpaired) electrons. The molecule has 7 heteroatoms. The Kier molecular flexibility index (Phi) is 8.00. The van der Waals surface area contributed by atoms with E-state index >= 15 is 0 Å². The van der Waals surface area contributed by atoms with Crippen LogP contribution in [0.4, 0.5) is 5.69 Å². The summed E-state index contributed by atoms with van der Waals surface area (Å²) in [4.78, 5) is 36.0. The van der Waals surface area contributed by atoms with Crippen molar-refractivity contribution in [3.8, 4) is 0 Å². The summed E-state index contributed by atoms with van der Waals surface area (Å²) < 4.78 is 5.44. The molecule has 0 aliphatic heterocycles. The topological polar surface area (TPSA) is 72.5 Å². The van der Waals surface area contributed by atoms with Gasteiger partial charge in [0.25, 0.3) is 5.91 Å². The Bertz CT molecular complexity index is 801. The second kappa shape index (κ2) is 10.2. The molecule has 1 aromatic heterocycles. The average molecular weight is 408 g/mol. The van der Waals surface area contributed by atoms with E-state index in [2.05, 4.69) is 19.2 Å². The highest BCUT2D eigenvalue weighted by Crippen LogP contribution is 2.23. The van der Waals surface area contributed by atoms with Crippen LogP contribution >= 0.6 is 22.9 Å². The van der Waals surface area contributed by atoms with Crippen LogP contribution in [0.5, 0.6) is 0 Å². The molecular weight excluding hydrogens is 386 g/mol. The van der Waals surface area contributed by atoms with Crippen molar-refractivity contribution in [2.45, 2.75) is 39.0 Å². The van der Waals surface area contributed by atoms with Gasteiger partial charge in [-0.2, -0.15) is 0 Å². The van der Waals surface area contributed by atoms with Crippen LogP contribution in [0.25, 0.3) is 0 Å². The summed E-state index contributed by atoms with van der Waals surface area (Å²) in [5.41, 5.74) is 1.85. The lowest BCUT2D eigenvalue weighted by Gasteiger charge is -2.10. The summed E-state index contributed by atoms with van der Waals surface area (Å²) in [7, 11) is 0. The maximum atomic E-state index is 11.9. The van der Waals surface area contributed by atoms with E-state index in [1.807, 2.05) is 24.3 Å². The number of hydrogen-bond acceptors (Lipinski definition) is 5. The number of halogens is 1. The maximum absolute atomic E-state index is 11.9. The van der Waals surface area contributed by atoms with Gasteiger partial charge in [0.15, 0.2) is 12.4 Å². The second-order valence-electron chi connectivity index (χ2n) is 6.17. The summed E-state index contributed by atoms with van der Waals surface area (Å²) in [6.07, 6.45) is 0.989. The minimum absolute atomic E-state index is 0.0222. The molecule has 0 spiro atoms. The van der Waals surface area contributed by atoms with Gasteiger partial charge in [-0.15, -0.1) is 11.3 Å². The fraction of sp³-hybridized carbons (Fsp3) is 0.350. The third kappa shape index (κ3) is 6.81. The number of ether oxygens (including phenoxy) is 1. The van der Waals surface area contributed by atoms with Crippen molar-refractivity contribution in [1.82, 2.24) is 0 Å². The van der Waals surface area contributed by atoms with Crippen LogP contribution in [0.1, 0.15) is 54.3 Å². The van der Waals surface area contributed by atoms with Gasteiger partial charge < -0.3 is 10.1 Å². The summed E-state index contributed by atoms with van der Waals surface area (Å²) in [5.74, 6) is -0.720. The molecule has 5 nitrogen and oxygen atoms in total. The van der Waals surface area contributed by atoms with Crippen molar-refractivity contribution in [1.29, 1.82) is 0 Å². The van der Waals surface area contributed by atoms with Gasteiger partial charge in [-0.05, 0) is 42.2 Å². The fourth-order valence-electron chi connectivity index (χ4n) is 2.35. The third-order valence-corrected chi connectivity index (χ3v) is 5.42. The first-order valence-corrected chi connectivity index (χ1v) is 9.92. The molecule has 0 unspecified atom stereocenters. The Morgan fingerprint density at radius 3 is 2.41 bits per heavy atom. The minimum atomic E-state index is -0.590. The number of rotatable bonds is 9. The van der Waals surface area contributed by atoms with Crippen molar-refractivity contribution in [3.05, 3.63) is 51.2 Å². The number of carbonyl (C=O) groups excluding carboxylic acids is 3. The van der Waals surface area contributed by atoms with Gasteiger partial charge in [0.2, 0.25) is 0 Å². The number of benzene rings is 1. The standard InChI is InChI=1S/C20H22ClNO4S/c1-3-13(2)14-4-6-15(7-5-14)22-19(24)12-26-20(25)11-8-16(23)17-9-10-18(21)27-17/h4-7,9-10,13H,3,8,11-12H2,1-2H3,(H,22,24)/t13-/m1/s1. The summed E-state index contributed by atoms with van der Waals surface area (Å²) in [6, 6.07) is 10.9. The molecule has 0 aliphatic carbocycles. The predicted octanol–water partition coefficient (Wildman–Crippen LogP) is 5.06. The van der Waals surface area contributed by atoms with Crippen molar-refractivity contribution in [2.75, 3.05) is 11.9 Å². The highest BCUT2D eigenvalue weighted by molar-refractivity contribution is 7.18. The van der Waals surface area contributed by atoms with E-state index in [9.17, 15) is 14.4 Å². The van der Waals surface area contributed by atoms with Gasteiger partial charge in [0.1, 0.15) is 0 Å². The minimum Gasteiger partial charge on any atom is -0.456 e. The van der Waals surface area contributed by atoms with E-state index in [-0.39, 0.29) is 25.2 Å². The maximum Gasteiger partial charge on any atom is 0.306 e. The van der Waals surface area contributed by atoms with E-state index in [1.54, 1.807) is 12.1 Å². The van der Waals surface area contributed by atoms with Gasteiger partial charge in [0, 0.05) is 12.1 Å². The zero-order chi connectivity index (χ0) is 19.8. The molecule has 2 aromatic rings. The molecule has 0 fully saturated rings. The van der Waals surface area contributed by atoms with Gasteiger partial charge in [0.05, 0.1) is 15.6 Å². The number of ketones is 1. The van der Waals surface area contributed by atoms with Crippen LogP contribution in [0.3, 0.4) is 0 Å². The number of anilines is 1. The Hall–Kier alpha value is -2.18. The number of thiophene rings is 1. The van der Waals surface area contributed by atoms with Crippen LogP contribution < -0.4 is 5.32 Å². The van der Waals surface area contributed by atoms with Crippen molar-refractivity contribution in [3.63, 3.8) is 0 Å². The molecule has 0 saturated carbocycles. The molecule has 1 amide bonds. The first kappa shape index (κ1) is 21.1. The first-order valence-electron chi connectivity index (χ1n) is 8.73. The van der Waals surface area contributed by atoms with Crippen LogP contribution in [0.2, 0.25) is 4.34 Å². The fourth-order valence-corrected chi connectivity index (χ4v) is 3.36. The summed E-state index contributed by atoms with van der Waals surface area (Å²) >= 11 is 6.95. The lowest BCUT2D eigenvalue weighted by Crippen LogP contribution is -2.21. The predicted molar refractivity (Wildman–Crippen MR) is 108 cm³/mol. The number of Topliss-reactive ketones (excluding diaryl/α,β-unsaturated/α-hetero) is 1. The SMILES string of the molecule is CC[C@@H](C)c1ccc(NC(=O)COC(=O)CCC(=O)c2ccc(Cl)s2)cc1. The molecule has 0 aliphatic rings. The lowest BCUT2D eigenvalue weighted by atomic mass is 9.99. The van der Waals surface area contributed by atoms with Crippen LogP contribution in [-0.4, -0.2) is 24.3 Å². The number of amides is 1. The molecule has 1 heterocycles. The van der Waals surface area contributed by atoms with Crippen LogP contribution in [0.15, 0.2) is 36.4 Å². The Labute approximate surface area is 167 Å². The monoisotopic (exact) mass is 407 g/mol. The molecule has 1 atom stereocenters. The number of nitrogens with one attached hydrogen (secondary N) is 1. The van der Waals surface area contributed by atoms with Crippen LogP contribution in [-0.2, 0) is 14.3 Å². The molecule has 27 heavy (non-hydrogen) atoms. The third-order valence-electron chi connectivity index (χ3n) is 4.14. The number of carbonyl (C=O) groups is 3. The normalized spacial score (nSPS) is 11.7. The molecule has 1 aromatic carbocycles. The zero-order valence-corrected chi connectivity index (χ0v) is 16.9. The Morgan fingerprint density at radius 1 is 1.11 bits per heavy atom. The largest absolute Gasteiger partial charge is 0.456 e. The van der Waals surface area contributed by atoms with E-state index in [0.29, 0.717) is 20.8 Å². The van der Waals surface area contributed by atoms with Gasteiger partial charge >= 0.3 is 5.97 Å². The highest BCUT2D eigenvalue weighted by Gasteiger charge is 2.13. The average Bonchev–Trinajstić information content (AvgIpc) is 3.11. The van der Waals surface area contributed by atoms with Crippen molar-refractivity contribution < 1.29 is 19.1 Å². The van der Waals surface area contributed by atoms with Gasteiger partial charge in [-0.25, -0.2) is 0 Å². The highest BCUT2D eigenvalue weighted by atomic mass is 35.5. The summed E-state index contributed by atoms with van der Waals surface area (Å²) in [6.45, 7) is 3.88. The quantitative estimate of drug-likeness (QED) is 0.465. The van der Waals surface area contributed by atoms with E-state index in [1.165, 1.54) is 16.9 Å². The van der Waals surface area contributed by atoms with E-state index < -0.39 is 11.9 Å². The van der Waals surface area contributed by atoms with E-state index in [0.717, 1.165) is 6.42 Å². The van der Waals surface area contributed by atoms with Gasteiger partial charge in [-0.1, -0.05) is 37.6 Å². The lowest BCUT2D eigenvalue weighted by molar-refractivity contribution is -0.147. The van der Waals surface area contributed by atoms with Crippen molar-refractivity contribution in [2.24, 2.45) is 0 Å². The molecule has 1 N–H and O–H groups in total. The van der Waals surface area contributed by atoms with Crippen molar-refractivity contribution >= 4 is 46.3 Å². The Morgan fingerprint density at radius 2 is 1.81 bits per heavy atom. The number of hydrogen-bond donors (Lipinski definition) is 1. The molecule has 0 bridgehead atoms.